The zero-order valence-electron chi connectivity index (χ0n) is 8.96. The third-order valence-corrected chi connectivity index (χ3v) is 2.76. The summed E-state index contributed by atoms with van der Waals surface area (Å²) >= 11 is 0. The van der Waals surface area contributed by atoms with E-state index in [1.165, 1.54) is 11.2 Å². The number of Topliss-reactive ketones (excluding diaryl/α,β-unsaturated/α-hetero) is 1. The van der Waals surface area contributed by atoms with Crippen molar-refractivity contribution in [2.75, 3.05) is 11.4 Å². The highest BCUT2D eigenvalue weighted by Crippen LogP contribution is 2.25. The van der Waals surface area contributed by atoms with Gasteiger partial charge in [0, 0.05) is 5.39 Å². The predicted octanol–water partition coefficient (Wildman–Crippen LogP) is 0.936. The van der Waals surface area contributed by atoms with Crippen LogP contribution in [0.15, 0.2) is 30.6 Å². The summed E-state index contributed by atoms with van der Waals surface area (Å²) in [6, 6.07) is 7.43. The van der Waals surface area contributed by atoms with Gasteiger partial charge in [-0.25, -0.2) is 9.97 Å². The molecule has 0 radical (unpaired) electrons. The maximum atomic E-state index is 11.7. The summed E-state index contributed by atoms with van der Waals surface area (Å²) in [5.41, 5.74) is 0.768. The first-order valence-electron chi connectivity index (χ1n) is 5.27. The average Bonchev–Trinajstić information content (AvgIpc) is 2.68. The fourth-order valence-electron chi connectivity index (χ4n) is 1.98. The molecule has 2 heterocycles. The number of aromatic nitrogens is 2. The topological polar surface area (TPSA) is 63.2 Å². The fourth-order valence-corrected chi connectivity index (χ4v) is 1.98. The lowest BCUT2D eigenvalue weighted by atomic mass is 10.2. The molecule has 1 aromatic carbocycles. The smallest absolute Gasteiger partial charge is 0.236 e. The van der Waals surface area contributed by atoms with Crippen LogP contribution in [-0.2, 0) is 9.59 Å². The van der Waals surface area contributed by atoms with Crippen molar-refractivity contribution in [1.29, 1.82) is 0 Å². The Morgan fingerprint density at radius 2 is 1.94 bits per heavy atom. The third-order valence-electron chi connectivity index (χ3n) is 2.76. The Morgan fingerprint density at radius 1 is 1.12 bits per heavy atom. The van der Waals surface area contributed by atoms with Crippen molar-refractivity contribution in [3.05, 3.63) is 30.6 Å². The van der Waals surface area contributed by atoms with Crippen LogP contribution in [0.1, 0.15) is 6.42 Å². The van der Waals surface area contributed by atoms with E-state index < -0.39 is 0 Å². The van der Waals surface area contributed by atoms with Gasteiger partial charge in [0.2, 0.25) is 5.91 Å². The lowest BCUT2D eigenvalue weighted by Gasteiger charge is -2.14. The maximum Gasteiger partial charge on any atom is 0.236 e. The normalized spacial score (nSPS) is 15.9. The minimum absolute atomic E-state index is 0.0294. The van der Waals surface area contributed by atoms with E-state index in [0.717, 1.165) is 10.9 Å². The molecule has 0 saturated carbocycles. The van der Waals surface area contributed by atoms with Crippen LogP contribution in [0.5, 0.6) is 0 Å². The quantitative estimate of drug-likeness (QED) is 0.680. The minimum atomic E-state index is -0.196. The van der Waals surface area contributed by atoms with Crippen molar-refractivity contribution in [2.45, 2.75) is 6.42 Å². The second kappa shape index (κ2) is 3.62. The molecule has 0 atom stereocenters. The molecule has 84 valence electrons. The van der Waals surface area contributed by atoms with Gasteiger partial charge in [-0.05, 0) is 12.1 Å². The van der Waals surface area contributed by atoms with Gasteiger partial charge in [-0.2, -0.15) is 0 Å². The van der Waals surface area contributed by atoms with E-state index in [1.807, 2.05) is 24.3 Å². The van der Waals surface area contributed by atoms with Gasteiger partial charge in [0.25, 0.3) is 0 Å². The molecule has 1 aromatic heterocycles. The predicted molar refractivity (Wildman–Crippen MR) is 61.5 cm³/mol. The molecule has 0 N–H and O–H groups in total. The molecule has 1 aliphatic heterocycles. The molecular formula is C12H9N3O2. The molecule has 5 nitrogen and oxygen atoms in total. The van der Waals surface area contributed by atoms with E-state index >= 15 is 0 Å². The van der Waals surface area contributed by atoms with Crippen molar-refractivity contribution in [3.8, 4) is 0 Å². The second-order valence-electron chi connectivity index (χ2n) is 3.91. The molecule has 1 amide bonds. The molecule has 0 aliphatic carbocycles. The lowest BCUT2D eigenvalue weighted by Crippen LogP contribution is -2.25. The van der Waals surface area contributed by atoms with Gasteiger partial charge < -0.3 is 0 Å². The Labute approximate surface area is 97.1 Å². The molecule has 1 saturated heterocycles. The van der Waals surface area contributed by atoms with Crippen LogP contribution < -0.4 is 4.90 Å². The molecule has 5 heteroatoms. The number of amides is 1. The van der Waals surface area contributed by atoms with Crippen molar-refractivity contribution in [1.82, 2.24) is 9.97 Å². The lowest BCUT2D eigenvalue weighted by molar-refractivity contribution is -0.121. The summed E-state index contributed by atoms with van der Waals surface area (Å²) in [6.45, 7) is 0.111. The van der Waals surface area contributed by atoms with Crippen molar-refractivity contribution >= 4 is 28.4 Å². The van der Waals surface area contributed by atoms with E-state index in [-0.39, 0.29) is 24.7 Å². The Hall–Kier alpha value is -2.30. The minimum Gasteiger partial charge on any atom is -0.297 e. The number of hydrogen-bond donors (Lipinski definition) is 0. The monoisotopic (exact) mass is 227 g/mol. The SMILES string of the molecule is O=C1CC(=O)N(c2ncnc3ccccc23)C1. The maximum absolute atomic E-state index is 11.7. The molecule has 2 aromatic rings. The van der Waals surface area contributed by atoms with E-state index in [4.69, 9.17) is 0 Å². The summed E-state index contributed by atoms with van der Waals surface area (Å²) in [4.78, 5) is 32.6. The van der Waals surface area contributed by atoms with Crippen LogP contribution in [0.4, 0.5) is 5.82 Å². The van der Waals surface area contributed by atoms with Gasteiger partial charge in [-0.1, -0.05) is 12.1 Å². The molecule has 0 spiro atoms. The second-order valence-corrected chi connectivity index (χ2v) is 3.91. The van der Waals surface area contributed by atoms with Crippen molar-refractivity contribution < 1.29 is 9.59 Å². The summed E-state index contributed by atoms with van der Waals surface area (Å²) in [5.74, 6) is 0.253. The van der Waals surface area contributed by atoms with Crippen LogP contribution in [0, 0.1) is 0 Å². The highest BCUT2D eigenvalue weighted by atomic mass is 16.2. The Kier molecular flexibility index (Phi) is 2.11. The zero-order valence-corrected chi connectivity index (χ0v) is 8.96. The van der Waals surface area contributed by atoms with Gasteiger partial charge in [-0.15, -0.1) is 0 Å². The number of fused-ring (bicyclic) bond motifs is 1. The van der Waals surface area contributed by atoms with Crippen LogP contribution in [0.2, 0.25) is 0 Å². The summed E-state index contributed by atoms with van der Waals surface area (Å²) in [7, 11) is 0. The van der Waals surface area contributed by atoms with Crippen LogP contribution in [-0.4, -0.2) is 28.2 Å². The van der Waals surface area contributed by atoms with Gasteiger partial charge >= 0.3 is 0 Å². The Bertz CT molecular complexity index is 619. The number of rotatable bonds is 1. The van der Waals surface area contributed by atoms with Gasteiger partial charge in [0.1, 0.15) is 12.1 Å². The van der Waals surface area contributed by atoms with E-state index in [0.29, 0.717) is 5.82 Å². The Balaban J connectivity index is 2.17. The number of para-hydroxylation sites is 1. The largest absolute Gasteiger partial charge is 0.297 e. The molecular weight excluding hydrogens is 218 g/mol. The van der Waals surface area contributed by atoms with Gasteiger partial charge in [-0.3, -0.25) is 14.5 Å². The summed E-state index contributed by atoms with van der Waals surface area (Å²) in [5, 5.41) is 0.790. The van der Waals surface area contributed by atoms with Gasteiger partial charge in [0.15, 0.2) is 5.78 Å². The number of anilines is 1. The van der Waals surface area contributed by atoms with Crippen LogP contribution >= 0.6 is 0 Å². The van der Waals surface area contributed by atoms with E-state index in [9.17, 15) is 9.59 Å². The van der Waals surface area contributed by atoms with Crippen molar-refractivity contribution in [3.63, 3.8) is 0 Å². The number of nitrogens with zero attached hydrogens (tertiary/aromatic N) is 3. The molecule has 3 rings (SSSR count). The standard InChI is InChI=1S/C12H9N3O2/c16-8-5-11(17)15(6-8)12-9-3-1-2-4-10(9)13-7-14-12/h1-4,7H,5-6H2. The summed E-state index contributed by atoms with van der Waals surface area (Å²) < 4.78 is 0. The first-order valence-corrected chi connectivity index (χ1v) is 5.27. The highest BCUT2D eigenvalue weighted by molar-refractivity contribution is 6.16. The highest BCUT2D eigenvalue weighted by Gasteiger charge is 2.30. The number of carbonyl (C=O) groups excluding carboxylic acids is 2. The van der Waals surface area contributed by atoms with Crippen molar-refractivity contribution in [2.24, 2.45) is 0 Å². The van der Waals surface area contributed by atoms with E-state index in [2.05, 4.69) is 9.97 Å². The number of benzene rings is 1. The molecule has 1 aliphatic rings. The Morgan fingerprint density at radius 3 is 2.71 bits per heavy atom. The molecule has 0 unspecified atom stereocenters. The fraction of sp³-hybridized carbons (Fsp3) is 0.167. The summed E-state index contributed by atoms with van der Waals surface area (Å²) in [6.07, 6.45) is 1.38. The molecule has 17 heavy (non-hydrogen) atoms. The first-order chi connectivity index (χ1) is 8.25. The average molecular weight is 227 g/mol. The third kappa shape index (κ3) is 1.56. The van der Waals surface area contributed by atoms with Gasteiger partial charge in [0.05, 0.1) is 18.5 Å². The number of ketones is 1. The zero-order chi connectivity index (χ0) is 11.8. The number of carbonyl (C=O) groups is 2. The van der Waals surface area contributed by atoms with Crippen LogP contribution in [0.25, 0.3) is 10.9 Å². The van der Waals surface area contributed by atoms with E-state index in [1.54, 1.807) is 0 Å². The molecule has 0 bridgehead atoms. The van der Waals surface area contributed by atoms with Crippen LogP contribution in [0.3, 0.4) is 0 Å². The first kappa shape index (κ1) is 9.89. The molecule has 1 fully saturated rings. The number of hydrogen-bond acceptors (Lipinski definition) is 4.